The molecule has 2 aromatic rings. The fourth-order valence-electron chi connectivity index (χ4n) is 3.03. The molecule has 1 fully saturated rings. The van der Waals surface area contributed by atoms with Crippen molar-refractivity contribution in [3.8, 4) is 0 Å². The van der Waals surface area contributed by atoms with Gasteiger partial charge < -0.3 is 10.6 Å². The van der Waals surface area contributed by atoms with Gasteiger partial charge >= 0.3 is 0 Å². The second-order valence-corrected chi connectivity index (χ2v) is 6.01. The lowest BCUT2D eigenvalue weighted by Crippen LogP contribution is -2.45. The molecule has 23 heavy (non-hydrogen) atoms. The molecule has 0 bridgehead atoms. The van der Waals surface area contributed by atoms with Gasteiger partial charge in [-0.1, -0.05) is 36.8 Å². The zero-order chi connectivity index (χ0) is 16.3. The van der Waals surface area contributed by atoms with Crippen LogP contribution in [0.5, 0.6) is 0 Å². The van der Waals surface area contributed by atoms with Crippen molar-refractivity contribution in [3.63, 3.8) is 0 Å². The Bertz CT molecular complexity index is 704. The summed E-state index contributed by atoms with van der Waals surface area (Å²) in [7, 11) is 0. The normalized spacial score (nSPS) is 15.3. The van der Waals surface area contributed by atoms with E-state index in [9.17, 15) is 9.59 Å². The van der Waals surface area contributed by atoms with Crippen molar-refractivity contribution in [2.24, 2.45) is 0 Å². The Labute approximate surface area is 135 Å². The van der Waals surface area contributed by atoms with Crippen LogP contribution in [-0.4, -0.2) is 11.8 Å². The van der Waals surface area contributed by atoms with E-state index in [1.165, 1.54) is 6.92 Å². The Hall–Kier alpha value is -2.62. The maximum absolute atomic E-state index is 12.8. The molecule has 0 radical (unpaired) electrons. The first kappa shape index (κ1) is 15.3. The van der Waals surface area contributed by atoms with Crippen LogP contribution in [0, 0.1) is 0 Å². The smallest absolute Gasteiger partial charge is 0.235 e. The first-order valence-corrected chi connectivity index (χ1v) is 7.85. The molecular weight excluding hydrogens is 288 g/mol. The maximum Gasteiger partial charge on any atom is 0.235 e. The quantitative estimate of drug-likeness (QED) is 0.904. The SMILES string of the molecule is CC(=O)Nc1ccc(NC(=O)C2(c3ccccc3)CCC2)cc1. The van der Waals surface area contributed by atoms with Crippen molar-refractivity contribution in [3.05, 3.63) is 60.2 Å². The van der Waals surface area contributed by atoms with E-state index >= 15 is 0 Å². The second kappa shape index (κ2) is 6.24. The lowest BCUT2D eigenvalue weighted by atomic mass is 9.64. The van der Waals surface area contributed by atoms with Crippen molar-refractivity contribution in [2.45, 2.75) is 31.6 Å². The van der Waals surface area contributed by atoms with Gasteiger partial charge in [0.25, 0.3) is 0 Å². The van der Waals surface area contributed by atoms with E-state index in [0.717, 1.165) is 36.2 Å². The molecule has 4 heteroatoms. The number of benzene rings is 2. The monoisotopic (exact) mass is 308 g/mol. The van der Waals surface area contributed by atoms with Gasteiger partial charge in [0.15, 0.2) is 0 Å². The minimum absolute atomic E-state index is 0.0437. The summed E-state index contributed by atoms with van der Waals surface area (Å²) in [5, 5.41) is 5.72. The summed E-state index contributed by atoms with van der Waals surface area (Å²) in [6.45, 7) is 1.47. The molecule has 1 saturated carbocycles. The number of carbonyl (C=O) groups excluding carboxylic acids is 2. The number of rotatable bonds is 4. The molecule has 0 aromatic heterocycles. The van der Waals surface area contributed by atoms with Crippen molar-refractivity contribution in [2.75, 3.05) is 10.6 Å². The third kappa shape index (κ3) is 3.11. The molecule has 118 valence electrons. The van der Waals surface area contributed by atoms with E-state index < -0.39 is 5.41 Å². The third-order valence-corrected chi connectivity index (χ3v) is 4.43. The highest BCUT2D eigenvalue weighted by molar-refractivity contribution is 6.00. The zero-order valence-electron chi connectivity index (χ0n) is 13.1. The van der Waals surface area contributed by atoms with Crippen molar-refractivity contribution in [1.29, 1.82) is 0 Å². The summed E-state index contributed by atoms with van der Waals surface area (Å²) < 4.78 is 0. The standard InChI is InChI=1S/C19H20N2O2/c1-14(22)20-16-8-10-17(11-9-16)21-18(23)19(12-5-13-19)15-6-3-2-4-7-15/h2-4,6-11H,5,12-13H2,1H3,(H,20,22)(H,21,23). The minimum atomic E-state index is -0.405. The lowest BCUT2D eigenvalue weighted by molar-refractivity contribution is -0.124. The van der Waals surface area contributed by atoms with Gasteiger partial charge in [-0.3, -0.25) is 9.59 Å². The molecule has 0 unspecified atom stereocenters. The zero-order valence-corrected chi connectivity index (χ0v) is 13.1. The molecule has 3 rings (SSSR count). The summed E-state index contributed by atoms with van der Waals surface area (Å²) in [5.41, 5.74) is 2.14. The Kier molecular flexibility index (Phi) is 4.15. The molecule has 1 aliphatic rings. The predicted molar refractivity (Wildman–Crippen MR) is 91.3 cm³/mol. The van der Waals surface area contributed by atoms with Crippen LogP contribution in [0.3, 0.4) is 0 Å². The maximum atomic E-state index is 12.8. The molecule has 0 spiro atoms. The molecule has 2 amide bonds. The molecule has 1 aliphatic carbocycles. The van der Waals surface area contributed by atoms with E-state index in [4.69, 9.17) is 0 Å². The number of anilines is 2. The van der Waals surface area contributed by atoms with Crippen LogP contribution < -0.4 is 10.6 Å². The van der Waals surface area contributed by atoms with Gasteiger partial charge in [0.1, 0.15) is 0 Å². The average Bonchev–Trinajstić information content (AvgIpc) is 2.49. The highest BCUT2D eigenvalue weighted by atomic mass is 16.2. The van der Waals surface area contributed by atoms with Crippen molar-refractivity contribution >= 4 is 23.2 Å². The molecule has 0 atom stereocenters. The van der Waals surface area contributed by atoms with Crippen LogP contribution in [0.2, 0.25) is 0 Å². The number of nitrogens with one attached hydrogen (secondary N) is 2. The summed E-state index contributed by atoms with van der Waals surface area (Å²) in [6, 6.07) is 17.2. The Morgan fingerprint density at radius 1 is 0.870 bits per heavy atom. The van der Waals surface area contributed by atoms with Gasteiger partial charge in [0.05, 0.1) is 5.41 Å². The van der Waals surface area contributed by atoms with Gasteiger partial charge in [0, 0.05) is 18.3 Å². The van der Waals surface area contributed by atoms with Gasteiger partial charge in [-0.2, -0.15) is 0 Å². The number of hydrogen-bond donors (Lipinski definition) is 2. The molecular formula is C19H20N2O2. The van der Waals surface area contributed by atoms with E-state index in [-0.39, 0.29) is 11.8 Å². The number of hydrogen-bond acceptors (Lipinski definition) is 2. The van der Waals surface area contributed by atoms with E-state index in [1.54, 1.807) is 24.3 Å². The van der Waals surface area contributed by atoms with E-state index in [0.29, 0.717) is 0 Å². The summed E-state index contributed by atoms with van der Waals surface area (Å²) in [5.74, 6) is -0.0680. The summed E-state index contributed by atoms with van der Waals surface area (Å²) in [6.07, 6.45) is 2.84. The van der Waals surface area contributed by atoms with Crippen LogP contribution in [0.15, 0.2) is 54.6 Å². The molecule has 4 nitrogen and oxygen atoms in total. The van der Waals surface area contributed by atoms with Crippen LogP contribution in [0.1, 0.15) is 31.7 Å². The number of amides is 2. The highest BCUT2D eigenvalue weighted by Crippen LogP contribution is 2.44. The van der Waals surface area contributed by atoms with Gasteiger partial charge in [-0.15, -0.1) is 0 Å². The fourth-order valence-corrected chi connectivity index (χ4v) is 3.03. The van der Waals surface area contributed by atoms with E-state index in [1.807, 2.05) is 30.3 Å². The topological polar surface area (TPSA) is 58.2 Å². The third-order valence-electron chi connectivity index (χ3n) is 4.43. The average molecular weight is 308 g/mol. The summed E-state index contributed by atoms with van der Waals surface area (Å²) >= 11 is 0. The van der Waals surface area contributed by atoms with Crippen molar-refractivity contribution < 1.29 is 9.59 Å². The minimum Gasteiger partial charge on any atom is -0.326 e. The van der Waals surface area contributed by atoms with E-state index in [2.05, 4.69) is 10.6 Å². The fraction of sp³-hybridized carbons (Fsp3) is 0.263. The van der Waals surface area contributed by atoms with Gasteiger partial charge in [-0.25, -0.2) is 0 Å². The van der Waals surface area contributed by atoms with Gasteiger partial charge in [0.2, 0.25) is 11.8 Å². The summed E-state index contributed by atoms with van der Waals surface area (Å²) in [4.78, 5) is 23.8. The number of carbonyl (C=O) groups is 2. The Balaban J connectivity index is 1.74. The molecule has 2 aromatic carbocycles. The first-order valence-electron chi connectivity index (χ1n) is 7.85. The molecule has 2 N–H and O–H groups in total. The molecule has 0 heterocycles. The van der Waals surface area contributed by atoms with Gasteiger partial charge in [-0.05, 0) is 42.7 Å². The van der Waals surface area contributed by atoms with Crippen molar-refractivity contribution in [1.82, 2.24) is 0 Å². The second-order valence-electron chi connectivity index (χ2n) is 6.01. The largest absolute Gasteiger partial charge is 0.326 e. The first-order chi connectivity index (χ1) is 11.1. The van der Waals surface area contributed by atoms with Crippen LogP contribution in [-0.2, 0) is 15.0 Å². The highest BCUT2D eigenvalue weighted by Gasteiger charge is 2.45. The molecule has 0 saturated heterocycles. The van der Waals surface area contributed by atoms with Crippen LogP contribution >= 0.6 is 0 Å². The predicted octanol–water partition coefficient (Wildman–Crippen LogP) is 3.71. The lowest BCUT2D eigenvalue weighted by Gasteiger charge is -2.40. The Morgan fingerprint density at radius 3 is 1.91 bits per heavy atom. The van der Waals surface area contributed by atoms with Crippen LogP contribution in [0.4, 0.5) is 11.4 Å². The Morgan fingerprint density at radius 2 is 1.43 bits per heavy atom. The van der Waals surface area contributed by atoms with Crippen LogP contribution in [0.25, 0.3) is 0 Å². The molecule has 0 aliphatic heterocycles.